The van der Waals surface area contributed by atoms with Gasteiger partial charge in [-0.1, -0.05) is 31.5 Å². The summed E-state index contributed by atoms with van der Waals surface area (Å²) in [4.78, 5) is 16.5. The molecule has 2 rings (SSSR count). The molecule has 0 aliphatic carbocycles. The van der Waals surface area contributed by atoms with Crippen molar-refractivity contribution in [1.82, 2.24) is 9.80 Å². The van der Waals surface area contributed by atoms with Gasteiger partial charge in [-0.3, -0.25) is 4.90 Å². The highest BCUT2D eigenvalue weighted by atomic mass is 16.2. The predicted octanol–water partition coefficient (Wildman–Crippen LogP) is 1.96. The Labute approximate surface area is 127 Å². The number of piperazine rings is 1. The van der Waals surface area contributed by atoms with Crippen LogP contribution in [0.5, 0.6) is 0 Å². The average molecular weight is 290 g/mol. The molecule has 5 heteroatoms. The lowest BCUT2D eigenvalue weighted by atomic mass is 10.1. The number of amides is 2. The Morgan fingerprint density at radius 3 is 2.48 bits per heavy atom. The topological polar surface area (TPSA) is 61.6 Å². The Bertz CT molecular complexity index is 429. The van der Waals surface area contributed by atoms with Gasteiger partial charge in [0.1, 0.15) is 0 Å². The number of nitrogens with one attached hydrogen (secondary N) is 1. The van der Waals surface area contributed by atoms with Gasteiger partial charge < -0.3 is 16.0 Å². The molecule has 2 amide bonds. The van der Waals surface area contributed by atoms with Crippen LogP contribution in [0.1, 0.15) is 19.8 Å². The summed E-state index contributed by atoms with van der Waals surface area (Å²) in [6, 6.07) is 10.0. The highest BCUT2D eigenvalue weighted by Crippen LogP contribution is 2.12. The molecule has 0 bridgehead atoms. The van der Waals surface area contributed by atoms with Gasteiger partial charge in [0, 0.05) is 44.5 Å². The van der Waals surface area contributed by atoms with E-state index in [9.17, 15) is 4.79 Å². The van der Waals surface area contributed by atoms with Gasteiger partial charge in [0.15, 0.2) is 0 Å². The van der Waals surface area contributed by atoms with Crippen molar-refractivity contribution in [3.05, 3.63) is 30.3 Å². The zero-order valence-electron chi connectivity index (χ0n) is 12.8. The number of hydrogen-bond donors (Lipinski definition) is 2. The summed E-state index contributed by atoms with van der Waals surface area (Å²) in [6.45, 7) is 6.22. The van der Waals surface area contributed by atoms with Crippen LogP contribution >= 0.6 is 0 Å². The quantitative estimate of drug-likeness (QED) is 0.871. The molecule has 3 N–H and O–H groups in total. The SMILES string of the molecule is CCCC(CN)N1CCN(C(=O)Nc2ccccc2)CC1. The molecule has 1 atom stereocenters. The van der Waals surface area contributed by atoms with Gasteiger partial charge in [0.05, 0.1) is 0 Å². The molecule has 116 valence electrons. The fraction of sp³-hybridized carbons (Fsp3) is 0.562. The van der Waals surface area contributed by atoms with Crippen LogP contribution in [-0.4, -0.2) is 54.6 Å². The molecule has 1 saturated heterocycles. The number of benzene rings is 1. The molecule has 1 aromatic rings. The number of nitrogens with zero attached hydrogens (tertiary/aromatic N) is 2. The van der Waals surface area contributed by atoms with Crippen LogP contribution in [0.2, 0.25) is 0 Å². The monoisotopic (exact) mass is 290 g/mol. The second-order valence-corrected chi connectivity index (χ2v) is 5.50. The zero-order valence-corrected chi connectivity index (χ0v) is 12.8. The summed E-state index contributed by atoms with van der Waals surface area (Å²) in [7, 11) is 0. The van der Waals surface area contributed by atoms with E-state index < -0.39 is 0 Å². The molecule has 5 nitrogen and oxygen atoms in total. The first kappa shape index (κ1) is 15.8. The van der Waals surface area contributed by atoms with Crippen molar-refractivity contribution >= 4 is 11.7 Å². The first-order valence-corrected chi connectivity index (χ1v) is 7.79. The van der Waals surface area contributed by atoms with Gasteiger partial charge in [0.25, 0.3) is 0 Å². The van der Waals surface area contributed by atoms with E-state index in [1.54, 1.807) is 0 Å². The summed E-state index contributed by atoms with van der Waals surface area (Å²) in [5.74, 6) is 0. The summed E-state index contributed by atoms with van der Waals surface area (Å²) >= 11 is 0. The van der Waals surface area contributed by atoms with E-state index in [1.165, 1.54) is 0 Å². The normalized spacial score (nSPS) is 17.5. The number of carbonyl (C=O) groups excluding carboxylic acids is 1. The number of nitrogens with two attached hydrogens (primary N) is 1. The zero-order chi connectivity index (χ0) is 15.1. The molecule has 1 aliphatic rings. The lowest BCUT2D eigenvalue weighted by Crippen LogP contribution is -2.54. The van der Waals surface area contributed by atoms with Gasteiger partial charge in [0.2, 0.25) is 0 Å². The summed E-state index contributed by atoms with van der Waals surface area (Å²) in [6.07, 6.45) is 2.28. The number of urea groups is 1. The Balaban J connectivity index is 1.82. The van der Waals surface area contributed by atoms with Crippen LogP contribution in [0, 0.1) is 0 Å². The van der Waals surface area contributed by atoms with Gasteiger partial charge in [-0.2, -0.15) is 0 Å². The van der Waals surface area contributed by atoms with Gasteiger partial charge in [-0.15, -0.1) is 0 Å². The number of rotatable bonds is 5. The van der Waals surface area contributed by atoms with E-state index in [-0.39, 0.29) is 6.03 Å². The lowest BCUT2D eigenvalue weighted by Gasteiger charge is -2.38. The highest BCUT2D eigenvalue weighted by Gasteiger charge is 2.24. The van der Waals surface area contributed by atoms with Crippen LogP contribution in [0.3, 0.4) is 0 Å². The molecule has 21 heavy (non-hydrogen) atoms. The molecule has 1 fully saturated rings. The molecular weight excluding hydrogens is 264 g/mol. The number of para-hydroxylation sites is 1. The maximum absolute atomic E-state index is 12.2. The number of carbonyl (C=O) groups is 1. The van der Waals surface area contributed by atoms with Gasteiger partial charge >= 0.3 is 6.03 Å². The van der Waals surface area contributed by atoms with Gasteiger partial charge in [-0.05, 0) is 18.6 Å². The second kappa shape index (κ2) is 8.00. The molecule has 0 spiro atoms. The smallest absolute Gasteiger partial charge is 0.321 e. The third kappa shape index (κ3) is 4.44. The molecule has 0 saturated carbocycles. The van der Waals surface area contributed by atoms with Crippen molar-refractivity contribution in [2.75, 3.05) is 38.0 Å². The standard InChI is InChI=1S/C16H26N4O/c1-2-6-15(13-17)19-9-11-20(12-10-19)16(21)18-14-7-4-3-5-8-14/h3-5,7-8,15H,2,6,9-13,17H2,1H3,(H,18,21). The van der Waals surface area contributed by atoms with E-state index in [2.05, 4.69) is 17.1 Å². The van der Waals surface area contributed by atoms with Crippen molar-refractivity contribution in [2.45, 2.75) is 25.8 Å². The lowest BCUT2D eigenvalue weighted by molar-refractivity contribution is 0.111. The number of anilines is 1. The number of hydrogen-bond acceptors (Lipinski definition) is 3. The molecular formula is C16H26N4O. The Hall–Kier alpha value is -1.59. The minimum absolute atomic E-state index is 0.0133. The summed E-state index contributed by atoms with van der Waals surface area (Å²) in [5, 5.41) is 2.94. The largest absolute Gasteiger partial charge is 0.329 e. The van der Waals surface area contributed by atoms with Crippen LogP contribution in [-0.2, 0) is 0 Å². The summed E-state index contributed by atoms with van der Waals surface area (Å²) in [5.41, 5.74) is 6.70. The third-order valence-electron chi connectivity index (χ3n) is 4.04. The molecule has 0 radical (unpaired) electrons. The highest BCUT2D eigenvalue weighted by molar-refractivity contribution is 5.89. The Morgan fingerprint density at radius 2 is 1.90 bits per heavy atom. The predicted molar refractivity (Wildman–Crippen MR) is 86.4 cm³/mol. The molecule has 0 aromatic heterocycles. The van der Waals surface area contributed by atoms with E-state index in [4.69, 9.17) is 5.73 Å². The van der Waals surface area contributed by atoms with Crippen molar-refractivity contribution in [1.29, 1.82) is 0 Å². The summed E-state index contributed by atoms with van der Waals surface area (Å²) < 4.78 is 0. The third-order valence-corrected chi connectivity index (χ3v) is 4.04. The molecule has 1 unspecified atom stereocenters. The molecule has 1 aromatic carbocycles. The van der Waals surface area contributed by atoms with E-state index in [1.807, 2.05) is 35.2 Å². The van der Waals surface area contributed by atoms with Crippen LogP contribution in [0.25, 0.3) is 0 Å². The van der Waals surface area contributed by atoms with Crippen molar-refractivity contribution in [3.63, 3.8) is 0 Å². The van der Waals surface area contributed by atoms with Gasteiger partial charge in [-0.25, -0.2) is 4.79 Å². The second-order valence-electron chi connectivity index (χ2n) is 5.50. The Kier molecular flexibility index (Phi) is 6.02. The van der Waals surface area contributed by atoms with E-state index >= 15 is 0 Å². The fourth-order valence-electron chi connectivity index (χ4n) is 2.80. The van der Waals surface area contributed by atoms with Crippen molar-refractivity contribution < 1.29 is 4.79 Å². The molecule has 1 heterocycles. The average Bonchev–Trinajstić information content (AvgIpc) is 2.54. The minimum Gasteiger partial charge on any atom is -0.329 e. The first-order chi connectivity index (χ1) is 10.2. The minimum atomic E-state index is -0.0133. The van der Waals surface area contributed by atoms with E-state index in [0.717, 1.165) is 44.7 Å². The van der Waals surface area contributed by atoms with Crippen molar-refractivity contribution in [2.24, 2.45) is 5.73 Å². The van der Waals surface area contributed by atoms with Crippen LogP contribution < -0.4 is 11.1 Å². The van der Waals surface area contributed by atoms with E-state index in [0.29, 0.717) is 12.6 Å². The maximum atomic E-state index is 12.2. The van der Waals surface area contributed by atoms with Crippen LogP contribution in [0.4, 0.5) is 10.5 Å². The van der Waals surface area contributed by atoms with Crippen LogP contribution in [0.15, 0.2) is 30.3 Å². The molecule has 1 aliphatic heterocycles. The fourth-order valence-corrected chi connectivity index (χ4v) is 2.80. The van der Waals surface area contributed by atoms with Crippen molar-refractivity contribution in [3.8, 4) is 0 Å². The first-order valence-electron chi connectivity index (χ1n) is 7.79. The maximum Gasteiger partial charge on any atom is 0.321 e. The Morgan fingerprint density at radius 1 is 1.24 bits per heavy atom.